The van der Waals surface area contributed by atoms with Crippen LogP contribution in [0.25, 0.3) is 0 Å². The van der Waals surface area contributed by atoms with Crippen LogP contribution in [0.2, 0.25) is 0 Å². The highest BCUT2D eigenvalue weighted by Gasteiger charge is 1.99. The molecule has 78 valence electrons. The van der Waals surface area contributed by atoms with Crippen molar-refractivity contribution in [3.05, 3.63) is 50.6 Å². The summed E-state index contributed by atoms with van der Waals surface area (Å²) in [4.78, 5) is 1.36. The molecule has 0 saturated heterocycles. The summed E-state index contributed by atoms with van der Waals surface area (Å²) in [5.41, 5.74) is 2.47. The van der Waals surface area contributed by atoms with Crippen LogP contribution in [0.1, 0.15) is 10.4 Å². The van der Waals surface area contributed by atoms with Crippen molar-refractivity contribution in [3.8, 4) is 0 Å². The largest absolute Gasteiger partial charge is 0.380 e. The summed E-state index contributed by atoms with van der Waals surface area (Å²) in [6.07, 6.45) is 0. The Balaban J connectivity index is 2.07. The number of rotatable bonds is 3. The Hall–Kier alpha value is -0.800. The molecule has 0 saturated carbocycles. The van der Waals surface area contributed by atoms with Gasteiger partial charge >= 0.3 is 0 Å². The van der Waals surface area contributed by atoms with Crippen LogP contribution in [0.15, 0.2) is 40.2 Å². The molecule has 0 aliphatic carbocycles. The minimum atomic E-state index is 0.898. The van der Waals surface area contributed by atoms with Crippen LogP contribution < -0.4 is 5.32 Å². The Labute approximate surface area is 102 Å². The Morgan fingerprint density at radius 1 is 1.33 bits per heavy atom. The molecule has 1 aromatic heterocycles. The van der Waals surface area contributed by atoms with Crippen LogP contribution in [-0.2, 0) is 6.54 Å². The number of halogens is 1. The molecule has 1 aromatic carbocycles. The molecule has 0 aliphatic rings. The summed E-state index contributed by atoms with van der Waals surface area (Å²) in [6.45, 7) is 3.01. The lowest BCUT2D eigenvalue weighted by Crippen LogP contribution is -1.99. The van der Waals surface area contributed by atoms with E-state index < -0.39 is 0 Å². The molecule has 1 heterocycles. The summed E-state index contributed by atoms with van der Waals surface area (Å²) in [6, 6.07) is 10.5. The van der Waals surface area contributed by atoms with Crippen molar-refractivity contribution in [3.63, 3.8) is 0 Å². The monoisotopic (exact) mass is 281 g/mol. The Bertz CT molecular complexity index is 437. The van der Waals surface area contributed by atoms with Gasteiger partial charge in [-0.05, 0) is 36.1 Å². The first-order valence-corrected chi connectivity index (χ1v) is 6.45. The normalized spacial score (nSPS) is 10.3. The predicted molar refractivity (Wildman–Crippen MR) is 70.5 cm³/mol. The van der Waals surface area contributed by atoms with E-state index in [1.165, 1.54) is 16.1 Å². The van der Waals surface area contributed by atoms with E-state index in [4.69, 9.17) is 0 Å². The highest BCUT2D eigenvalue weighted by molar-refractivity contribution is 9.10. The third-order valence-corrected chi connectivity index (χ3v) is 3.60. The fourth-order valence-electron chi connectivity index (χ4n) is 1.38. The van der Waals surface area contributed by atoms with Gasteiger partial charge in [0, 0.05) is 21.6 Å². The van der Waals surface area contributed by atoms with Gasteiger partial charge in [-0.2, -0.15) is 0 Å². The fourth-order valence-corrected chi connectivity index (χ4v) is 2.39. The van der Waals surface area contributed by atoms with E-state index in [0.717, 1.165) is 11.0 Å². The van der Waals surface area contributed by atoms with Gasteiger partial charge in [-0.3, -0.25) is 0 Å². The lowest BCUT2D eigenvalue weighted by Gasteiger charge is -2.08. The molecule has 0 amide bonds. The smallest absolute Gasteiger partial charge is 0.0494 e. The number of thiophene rings is 1. The van der Waals surface area contributed by atoms with Gasteiger partial charge in [-0.1, -0.05) is 28.1 Å². The standard InChI is InChI=1S/C12H12BrNS/c1-9-4-5-10(13)7-12(9)14-8-11-3-2-6-15-11/h2-7,14H,8H2,1H3. The number of benzene rings is 1. The van der Waals surface area contributed by atoms with Crippen LogP contribution in [0.4, 0.5) is 5.69 Å². The second kappa shape index (κ2) is 4.81. The van der Waals surface area contributed by atoms with E-state index in [2.05, 4.69) is 63.9 Å². The SMILES string of the molecule is Cc1ccc(Br)cc1NCc1cccs1. The number of nitrogens with one attached hydrogen (secondary N) is 1. The lowest BCUT2D eigenvalue weighted by atomic mass is 10.2. The summed E-state index contributed by atoms with van der Waals surface area (Å²) in [5, 5.41) is 5.54. The Morgan fingerprint density at radius 2 is 2.20 bits per heavy atom. The van der Waals surface area contributed by atoms with E-state index in [1.807, 2.05) is 0 Å². The molecule has 0 fully saturated rings. The van der Waals surface area contributed by atoms with Crippen molar-refractivity contribution >= 4 is 33.0 Å². The van der Waals surface area contributed by atoms with Gasteiger partial charge in [0.15, 0.2) is 0 Å². The summed E-state index contributed by atoms with van der Waals surface area (Å²) in [5.74, 6) is 0. The molecule has 0 radical (unpaired) electrons. The molecule has 0 bridgehead atoms. The summed E-state index contributed by atoms with van der Waals surface area (Å²) in [7, 11) is 0. The van der Waals surface area contributed by atoms with Gasteiger partial charge in [0.25, 0.3) is 0 Å². The molecule has 1 N–H and O–H groups in total. The zero-order valence-corrected chi connectivity index (χ0v) is 10.9. The minimum Gasteiger partial charge on any atom is -0.380 e. The highest BCUT2D eigenvalue weighted by atomic mass is 79.9. The Kier molecular flexibility index (Phi) is 3.44. The summed E-state index contributed by atoms with van der Waals surface area (Å²) < 4.78 is 1.11. The first-order valence-electron chi connectivity index (χ1n) is 4.78. The van der Waals surface area contributed by atoms with E-state index in [-0.39, 0.29) is 0 Å². The number of aryl methyl sites for hydroxylation is 1. The topological polar surface area (TPSA) is 12.0 Å². The van der Waals surface area contributed by atoms with Crippen molar-refractivity contribution in [2.24, 2.45) is 0 Å². The van der Waals surface area contributed by atoms with Crippen LogP contribution in [0.5, 0.6) is 0 Å². The minimum absolute atomic E-state index is 0.898. The van der Waals surface area contributed by atoms with Crippen LogP contribution in [-0.4, -0.2) is 0 Å². The van der Waals surface area contributed by atoms with E-state index >= 15 is 0 Å². The van der Waals surface area contributed by atoms with E-state index in [1.54, 1.807) is 11.3 Å². The second-order valence-electron chi connectivity index (χ2n) is 3.39. The van der Waals surface area contributed by atoms with E-state index in [0.29, 0.717) is 0 Å². The maximum absolute atomic E-state index is 3.48. The fraction of sp³-hybridized carbons (Fsp3) is 0.167. The molecular formula is C12H12BrNS. The van der Waals surface area contributed by atoms with Crippen molar-refractivity contribution in [2.75, 3.05) is 5.32 Å². The number of hydrogen-bond acceptors (Lipinski definition) is 2. The van der Waals surface area contributed by atoms with Gasteiger partial charge in [0.1, 0.15) is 0 Å². The zero-order valence-electron chi connectivity index (χ0n) is 8.46. The predicted octanol–water partition coefficient (Wildman–Crippen LogP) is 4.43. The maximum Gasteiger partial charge on any atom is 0.0494 e. The molecule has 2 aromatic rings. The van der Waals surface area contributed by atoms with Crippen molar-refractivity contribution < 1.29 is 0 Å². The average molecular weight is 282 g/mol. The van der Waals surface area contributed by atoms with Gasteiger partial charge < -0.3 is 5.32 Å². The Morgan fingerprint density at radius 3 is 2.93 bits per heavy atom. The van der Waals surface area contributed by atoms with Crippen LogP contribution in [0, 0.1) is 6.92 Å². The maximum atomic E-state index is 3.48. The molecule has 3 heteroatoms. The molecule has 0 aliphatic heterocycles. The molecule has 0 atom stereocenters. The third-order valence-electron chi connectivity index (χ3n) is 2.23. The zero-order chi connectivity index (χ0) is 10.7. The van der Waals surface area contributed by atoms with Crippen LogP contribution in [0.3, 0.4) is 0 Å². The molecule has 0 spiro atoms. The van der Waals surface area contributed by atoms with Gasteiger partial charge in [0.05, 0.1) is 0 Å². The molecule has 2 rings (SSSR count). The molecular weight excluding hydrogens is 270 g/mol. The lowest BCUT2D eigenvalue weighted by molar-refractivity contribution is 1.18. The van der Waals surface area contributed by atoms with Gasteiger partial charge in [-0.15, -0.1) is 11.3 Å². The number of hydrogen-bond donors (Lipinski definition) is 1. The highest BCUT2D eigenvalue weighted by Crippen LogP contribution is 2.21. The molecule has 1 nitrogen and oxygen atoms in total. The van der Waals surface area contributed by atoms with Crippen LogP contribution >= 0.6 is 27.3 Å². The first kappa shape index (κ1) is 10.7. The van der Waals surface area contributed by atoms with Gasteiger partial charge in [-0.25, -0.2) is 0 Å². The number of anilines is 1. The third kappa shape index (κ3) is 2.83. The average Bonchev–Trinajstić information content (AvgIpc) is 2.72. The quantitative estimate of drug-likeness (QED) is 0.878. The van der Waals surface area contributed by atoms with E-state index in [9.17, 15) is 0 Å². The van der Waals surface area contributed by atoms with Crippen molar-refractivity contribution in [1.82, 2.24) is 0 Å². The van der Waals surface area contributed by atoms with Crippen molar-refractivity contribution in [2.45, 2.75) is 13.5 Å². The molecule has 15 heavy (non-hydrogen) atoms. The summed E-state index contributed by atoms with van der Waals surface area (Å²) >= 11 is 5.26. The first-order chi connectivity index (χ1) is 7.25. The van der Waals surface area contributed by atoms with Crippen molar-refractivity contribution in [1.29, 1.82) is 0 Å². The second-order valence-corrected chi connectivity index (χ2v) is 5.34. The molecule has 0 unspecified atom stereocenters. The van der Waals surface area contributed by atoms with Gasteiger partial charge in [0.2, 0.25) is 0 Å².